The first-order chi connectivity index (χ1) is 12.8. The van der Waals surface area contributed by atoms with Gasteiger partial charge in [-0.3, -0.25) is 9.69 Å². The number of carbonyl (C=O) groups is 2. The molecule has 1 unspecified atom stereocenters. The van der Waals surface area contributed by atoms with E-state index in [1.165, 1.54) is 4.90 Å². The lowest BCUT2D eigenvalue weighted by Gasteiger charge is -2.22. The topological polar surface area (TPSA) is 58.6 Å². The van der Waals surface area contributed by atoms with Crippen LogP contribution in [0.2, 0.25) is 0 Å². The van der Waals surface area contributed by atoms with Crippen molar-refractivity contribution in [3.8, 4) is 5.75 Å². The van der Waals surface area contributed by atoms with Crippen LogP contribution in [0.25, 0.3) is 0 Å². The van der Waals surface area contributed by atoms with Crippen molar-refractivity contribution in [3.63, 3.8) is 0 Å². The number of nitrogens with zero attached hydrogens (tertiary/aromatic N) is 1. The van der Waals surface area contributed by atoms with E-state index in [-0.39, 0.29) is 11.9 Å². The van der Waals surface area contributed by atoms with Gasteiger partial charge in [-0.1, -0.05) is 35.9 Å². The van der Waals surface area contributed by atoms with E-state index < -0.39 is 5.54 Å². The molecule has 2 aromatic rings. The third-order valence-electron chi connectivity index (χ3n) is 5.25. The van der Waals surface area contributed by atoms with Crippen LogP contribution in [0.5, 0.6) is 5.75 Å². The van der Waals surface area contributed by atoms with Crippen molar-refractivity contribution in [2.24, 2.45) is 0 Å². The fraction of sp³-hybridized carbons (Fsp3) is 0.364. The molecule has 142 valence electrons. The third-order valence-corrected chi connectivity index (χ3v) is 5.25. The minimum atomic E-state index is -0.880. The van der Waals surface area contributed by atoms with Gasteiger partial charge in [0.1, 0.15) is 11.3 Å². The average Bonchev–Trinajstić information content (AvgIpc) is 2.87. The average molecular weight is 366 g/mol. The lowest BCUT2D eigenvalue weighted by Crippen LogP contribution is -2.44. The molecule has 0 spiro atoms. The molecule has 0 bridgehead atoms. The highest BCUT2D eigenvalue weighted by molar-refractivity contribution is 6.06. The molecule has 1 N–H and O–H groups in total. The van der Waals surface area contributed by atoms with Gasteiger partial charge in [0.05, 0.1) is 13.7 Å². The maximum atomic E-state index is 13.0. The normalized spacial score (nSPS) is 19.3. The number of amides is 3. The molecule has 27 heavy (non-hydrogen) atoms. The number of imide groups is 1. The van der Waals surface area contributed by atoms with E-state index >= 15 is 0 Å². The Morgan fingerprint density at radius 1 is 1.07 bits per heavy atom. The van der Waals surface area contributed by atoms with Gasteiger partial charge in [-0.15, -0.1) is 0 Å². The van der Waals surface area contributed by atoms with Crippen LogP contribution in [0.3, 0.4) is 0 Å². The van der Waals surface area contributed by atoms with E-state index in [2.05, 4.69) is 5.32 Å². The first kappa shape index (κ1) is 19.0. The number of methoxy groups -OCH3 is 1. The first-order valence-corrected chi connectivity index (χ1v) is 9.15. The summed E-state index contributed by atoms with van der Waals surface area (Å²) < 4.78 is 5.17. The summed E-state index contributed by atoms with van der Waals surface area (Å²) in [6, 6.07) is 13.5. The van der Waals surface area contributed by atoms with E-state index in [9.17, 15) is 9.59 Å². The van der Waals surface area contributed by atoms with Gasteiger partial charge < -0.3 is 10.1 Å². The van der Waals surface area contributed by atoms with Crippen LogP contribution in [0.1, 0.15) is 35.6 Å². The maximum Gasteiger partial charge on any atom is 0.325 e. The standard InChI is InChI=1S/C22H26N2O3/c1-15-5-6-16(2)18(13-15)14-24-20(25)22(3,23-21(24)26)12-11-17-7-9-19(27-4)10-8-17/h5-10,13H,11-12,14H2,1-4H3,(H,23,26). The van der Waals surface area contributed by atoms with Crippen molar-refractivity contribution in [2.75, 3.05) is 7.11 Å². The highest BCUT2D eigenvalue weighted by Gasteiger charge is 2.47. The predicted molar refractivity (Wildman–Crippen MR) is 105 cm³/mol. The zero-order valence-corrected chi connectivity index (χ0v) is 16.3. The molecule has 5 nitrogen and oxygen atoms in total. The number of ether oxygens (including phenoxy) is 1. The molecule has 1 saturated heterocycles. The summed E-state index contributed by atoms with van der Waals surface area (Å²) >= 11 is 0. The molecule has 3 amide bonds. The Morgan fingerprint density at radius 3 is 2.44 bits per heavy atom. The van der Waals surface area contributed by atoms with Gasteiger partial charge in [-0.05, 0) is 62.4 Å². The molecular formula is C22H26N2O3. The molecule has 1 fully saturated rings. The Bertz CT molecular complexity index is 860. The predicted octanol–water partition coefficient (Wildman–Crippen LogP) is 3.76. The SMILES string of the molecule is COc1ccc(CCC2(C)NC(=O)N(Cc3cc(C)ccc3C)C2=O)cc1. The number of hydrogen-bond acceptors (Lipinski definition) is 3. The summed E-state index contributed by atoms with van der Waals surface area (Å²) in [5, 5.41) is 2.89. The Hall–Kier alpha value is -2.82. The summed E-state index contributed by atoms with van der Waals surface area (Å²) in [4.78, 5) is 26.8. The molecule has 2 aromatic carbocycles. The molecular weight excluding hydrogens is 340 g/mol. The second-order valence-electron chi connectivity index (χ2n) is 7.43. The second kappa shape index (κ2) is 7.43. The Kier molecular flexibility index (Phi) is 5.22. The van der Waals surface area contributed by atoms with E-state index in [0.29, 0.717) is 19.4 Å². The molecule has 0 aromatic heterocycles. The van der Waals surface area contributed by atoms with Crippen LogP contribution in [-0.2, 0) is 17.8 Å². The lowest BCUT2D eigenvalue weighted by molar-refractivity contribution is -0.131. The quantitative estimate of drug-likeness (QED) is 0.792. The molecule has 0 radical (unpaired) electrons. The molecule has 1 heterocycles. The zero-order chi connectivity index (χ0) is 19.6. The zero-order valence-electron chi connectivity index (χ0n) is 16.3. The van der Waals surface area contributed by atoms with Crippen LogP contribution in [-0.4, -0.2) is 29.5 Å². The van der Waals surface area contributed by atoms with Crippen molar-refractivity contribution in [1.29, 1.82) is 0 Å². The van der Waals surface area contributed by atoms with E-state index in [0.717, 1.165) is 28.0 Å². The number of benzene rings is 2. The Morgan fingerprint density at radius 2 is 1.78 bits per heavy atom. The van der Waals surface area contributed by atoms with Crippen molar-refractivity contribution < 1.29 is 14.3 Å². The maximum absolute atomic E-state index is 13.0. The lowest BCUT2D eigenvalue weighted by atomic mass is 9.93. The van der Waals surface area contributed by atoms with Crippen LogP contribution in [0, 0.1) is 13.8 Å². The molecule has 1 atom stereocenters. The van der Waals surface area contributed by atoms with E-state index in [1.54, 1.807) is 14.0 Å². The van der Waals surface area contributed by atoms with Gasteiger partial charge in [0, 0.05) is 0 Å². The first-order valence-electron chi connectivity index (χ1n) is 9.15. The molecule has 1 aliphatic rings. The van der Waals surface area contributed by atoms with Crippen molar-refractivity contribution >= 4 is 11.9 Å². The van der Waals surface area contributed by atoms with Gasteiger partial charge in [-0.2, -0.15) is 0 Å². The van der Waals surface area contributed by atoms with Gasteiger partial charge in [0.2, 0.25) is 0 Å². The highest BCUT2D eigenvalue weighted by Crippen LogP contribution is 2.26. The monoisotopic (exact) mass is 366 g/mol. The molecule has 3 rings (SSSR count). The number of rotatable bonds is 6. The van der Waals surface area contributed by atoms with Crippen LogP contribution in [0.15, 0.2) is 42.5 Å². The van der Waals surface area contributed by atoms with Crippen molar-refractivity contribution in [1.82, 2.24) is 10.2 Å². The summed E-state index contributed by atoms with van der Waals surface area (Å²) in [5.41, 5.74) is 3.41. The smallest absolute Gasteiger partial charge is 0.325 e. The second-order valence-corrected chi connectivity index (χ2v) is 7.43. The minimum Gasteiger partial charge on any atom is -0.497 e. The number of carbonyl (C=O) groups excluding carboxylic acids is 2. The van der Waals surface area contributed by atoms with Gasteiger partial charge in [-0.25, -0.2) is 4.79 Å². The number of aryl methyl sites for hydroxylation is 3. The fourth-order valence-electron chi connectivity index (χ4n) is 3.39. The molecule has 0 aliphatic carbocycles. The molecule has 0 saturated carbocycles. The summed E-state index contributed by atoms with van der Waals surface area (Å²) in [5.74, 6) is 0.636. The highest BCUT2D eigenvalue weighted by atomic mass is 16.5. The summed E-state index contributed by atoms with van der Waals surface area (Å²) in [6.07, 6.45) is 1.25. The van der Waals surface area contributed by atoms with E-state index in [4.69, 9.17) is 4.74 Å². The van der Waals surface area contributed by atoms with Crippen molar-refractivity contribution in [3.05, 3.63) is 64.7 Å². The molecule has 1 aliphatic heterocycles. The summed E-state index contributed by atoms with van der Waals surface area (Å²) in [6.45, 7) is 6.11. The Balaban J connectivity index is 1.70. The third kappa shape index (κ3) is 3.97. The minimum absolute atomic E-state index is 0.165. The summed E-state index contributed by atoms with van der Waals surface area (Å²) in [7, 11) is 1.63. The fourth-order valence-corrected chi connectivity index (χ4v) is 3.39. The van der Waals surface area contributed by atoms with E-state index in [1.807, 2.05) is 56.3 Å². The Labute approximate surface area is 160 Å². The number of hydrogen-bond donors (Lipinski definition) is 1. The number of nitrogens with one attached hydrogen (secondary N) is 1. The number of urea groups is 1. The van der Waals surface area contributed by atoms with Crippen LogP contribution < -0.4 is 10.1 Å². The van der Waals surface area contributed by atoms with Crippen LogP contribution >= 0.6 is 0 Å². The van der Waals surface area contributed by atoms with Gasteiger partial charge in [0.15, 0.2) is 0 Å². The molecule has 5 heteroatoms. The van der Waals surface area contributed by atoms with Crippen molar-refractivity contribution in [2.45, 2.75) is 45.7 Å². The van der Waals surface area contributed by atoms with Gasteiger partial charge >= 0.3 is 6.03 Å². The van der Waals surface area contributed by atoms with Crippen LogP contribution in [0.4, 0.5) is 4.79 Å². The van der Waals surface area contributed by atoms with Gasteiger partial charge in [0.25, 0.3) is 5.91 Å². The largest absolute Gasteiger partial charge is 0.497 e.